The molecule has 0 saturated carbocycles. The predicted molar refractivity (Wildman–Crippen MR) is 155 cm³/mol. The van der Waals surface area contributed by atoms with E-state index in [1.54, 1.807) is 36.4 Å². The van der Waals surface area contributed by atoms with E-state index >= 15 is 0 Å². The molecule has 4 aromatic carbocycles. The predicted octanol–water partition coefficient (Wildman–Crippen LogP) is 5.54. The number of hydrazone groups is 1. The van der Waals surface area contributed by atoms with E-state index in [4.69, 9.17) is 4.74 Å². The molecule has 7 nitrogen and oxygen atoms in total. The third kappa shape index (κ3) is 7.33. The smallest absolute Gasteiger partial charge is 0.264 e. The van der Waals surface area contributed by atoms with Gasteiger partial charge in [-0.25, -0.2) is 13.8 Å². The summed E-state index contributed by atoms with van der Waals surface area (Å²) in [7, 11) is -4.02. The average molecular weight is 542 g/mol. The fourth-order valence-electron chi connectivity index (χ4n) is 4.04. The highest BCUT2D eigenvalue weighted by Gasteiger charge is 2.27. The SMILES string of the molecule is Cc1ccc(S(=O)(=O)N(CC(=O)NN=Cc2ccccc2OCc2ccccc2)c2cc(C)cc(C)c2)cc1. The van der Waals surface area contributed by atoms with Gasteiger partial charge in [0.25, 0.3) is 15.9 Å². The van der Waals surface area contributed by atoms with Gasteiger partial charge in [0, 0.05) is 5.56 Å². The number of carbonyl (C=O) groups excluding carboxylic acids is 1. The van der Waals surface area contributed by atoms with Crippen LogP contribution in [0.25, 0.3) is 0 Å². The van der Waals surface area contributed by atoms with Crippen LogP contribution in [0.3, 0.4) is 0 Å². The first-order valence-electron chi connectivity index (χ1n) is 12.5. The quantitative estimate of drug-likeness (QED) is 0.211. The minimum absolute atomic E-state index is 0.105. The lowest BCUT2D eigenvalue weighted by atomic mass is 10.1. The maximum absolute atomic E-state index is 13.6. The number of anilines is 1. The molecule has 4 rings (SSSR count). The van der Waals surface area contributed by atoms with E-state index < -0.39 is 22.5 Å². The summed E-state index contributed by atoms with van der Waals surface area (Å²) in [6.07, 6.45) is 1.48. The van der Waals surface area contributed by atoms with Crippen LogP contribution in [0.15, 0.2) is 107 Å². The molecule has 1 amide bonds. The van der Waals surface area contributed by atoms with Crippen molar-refractivity contribution in [3.8, 4) is 5.75 Å². The summed E-state index contributed by atoms with van der Waals surface area (Å²) in [5.41, 5.74) is 7.29. The fraction of sp³-hybridized carbons (Fsp3) is 0.161. The minimum Gasteiger partial charge on any atom is -0.488 e. The van der Waals surface area contributed by atoms with Crippen LogP contribution in [-0.2, 0) is 21.4 Å². The number of nitrogens with zero attached hydrogens (tertiary/aromatic N) is 2. The first-order chi connectivity index (χ1) is 18.7. The highest BCUT2D eigenvalue weighted by atomic mass is 32.2. The van der Waals surface area contributed by atoms with Gasteiger partial charge in [-0.15, -0.1) is 0 Å². The van der Waals surface area contributed by atoms with Crippen LogP contribution in [0.2, 0.25) is 0 Å². The highest BCUT2D eigenvalue weighted by Crippen LogP contribution is 2.26. The van der Waals surface area contributed by atoms with Crippen LogP contribution in [0.1, 0.15) is 27.8 Å². The van der Waals surface area contributed by atoms with Crippen molar-refractivity contribution < 1.29 is 17.9 Å². The molecule has 0 fully saturated rings. The Hall–Kier alpha value is -4.43. The van der Waals surface area contributed by atoms with Crippen LogP contribution >= 0.6 is 0 Å². The molecule has 0 aliphatic carbocycles. The van der Waals surface area contributed by atoms with Gasteiger partial charge in [-0.05, 0) is 73.9 Å². The van der Waals surface area contributed by atoms with Crippen molar-refractivity contribution in [2.75, 3.05) is 10.8 Å². The van der Waals surface area contributed by atoms with Gasteiger partial charge in [-0.3, -0.25) is 9.10 Å². The molecule has 39 heavy (non-hydrogen) atoms. The zero-order valence-electron chi connectivity index (χ0n) is 22.2. The van der Waals surface area contributed by atoms with E-state index in [1.807, 2.05) is 81.4 Å². The Kier molecular flexibility index (Phi) is 8.78. The van der Waals surface area contributed by atoms with E-state index in [9.17, 15) is 13.2 Å². The summed E-state index contributed by atoms with van der Waals surface area (Å²) in [5, 5.41) is 4.08. The van der Waals surface area contributed by atoms with Crippen molar-refractivity contribution >= 4 is 27.8 Å². The van der Waals surface area contributed by atoms with Crippen LogP contribution in [0, 0.1) is 20.8 Å². The summed E-state index contributed by atoms with van der Waals surface area (Å²) in [5.74, 6) is 0.0296. The average Bonchev–Trinajstić information content (AvgIpc) is 2.91. The van der Waals surface area contributed by atoms with E-state index in [2.05, 4.69) is 10.5 Å². The van der Waals surface area contributed by atoms with Crippen molar-refractivity contribution in [1.29, 1.82) is 0 Å². The Bertz CT molecular complexity index is 1550. The van der Waals surface area contributed by atoms with Gasteiger partial charge in [0.05, 0.1) is 16.8 Å². The molecule has 0 aliphatic rings. The Morgan fingerprint density at radius 1 is 0.846 bits per heavy atom. The van der Waals surface area contributed by atoms with Gasteiger partial charge >= 0.3 is 0 Å². The molecule has 0 aromatic heterocycles. The maximum atomic E-state index is 13.6. The molecule has 0 aliphatic heterocycles. The van der Waals surface area contributed by atoms with Gasteiger partial charge in [-0.2, -0.15) is 5.10 Å². The summed E-state index contributed by atoms with van der Waals surface area (Å²) < 4.78 is 34.3. The van der Waals surface area contributed by atoms with Gasteiger partial charge < -0.3 is 4.74 Å². The third-order valence-corrected chi connectivity index (χ3v) is 7.73. The molecule has 200 valence electrons. The second-order valence-corrected chi connectivity index (χ2v) is 11.1. The Morgan fingerprint density at radius 2 is 1.49 bits per heavy atom. The molecule has 0 radical (unpaired) electrons. The molecule has 0 unspecified atom stereocenters. The lowest BCUT2D eigenvalue weighted by Gasteiger charge is -2.24. The van der Waals surface area contributed by atoms with E-state index in [1.165, 1.54) is 6.21 Å². The van der Waals surface area contributed by atoms with Crippen LogP contribution in [-0.4, -0.2) is 27.1 Å². The van der Waals surface area contributed by atoms with Gasteiger partial charge in [0.2, 0.25) is 0 Å². The lowest BCUT2D eigenvalue weighted by molar-refractivity contribution is -0.119. The van der Waals surface area contributed by atoms with Crippen LogP contribution in [0.5, 0.6) is 5.75 Å². The van der Waals surface area contributed by atoms with E-state index in [-0.39, 0.29) is 4.90 Å². The lowest BCUT2D eigenvalue weighted by Crippen LogP contribution is -2.39. The van der Waals surface area contributed by atoms with Crippen molar-refractivity contribution in [1.82, 2.24) is 5.43 Å². The molecular weight excluding hydrogens is 510 g/mol. The molecular formula is C31H31N3O4S. The molecule has 1 N–H and O–H groups in total. The Balaban J connectivity index is 1.51. The van der Waals surface area contributed by atoms with E-state index in [0.717, 1.165) is 26.6 Å². The van der Waals surface area contributed by atoms with Crippen molar-refractivity contribution in [2.24, 2.45) is 5.10 Å². The molecule has 0 spiro atoms. The van der Waals surface area contributed by atoms with Gasteiger partial charge in [0.1, 0.15) is 18.9 Å². The highest BCUT2D eigenvalue weighted by molar-refractivity contribution is 7.92. The topological polar surface area (TPSA) is 88.1 Å². The summed E-state index contributed by atoms with van der Waals surface area (Å²) in [4.78, 5) is 13.1. The molecule has 0 heterocycles. The number of ether oxygens (including phenoxy) is 1. The standard InChI is InChI=1S/C31H31N3O4S/c1-23-13-15-29(16-14-23)39(36,37)34(28-18-24(2)17-25(3)19-28)21-31(35)33-32-20-27-11-7-8-12-30(27)38-22-26-9-5-4-6-10-26/h4-20H,21-22H2,1-3H3,(H,33,35). The maximum Gasteiger partial charge on any atom is 0.264 e. The molecule has 0 saturated heterocycles. The molecule has 0 atom stereocenters. The fourth-order valence-corrected chi connectivity index (χ4v) is 5.45. The van der Waals surface area contributed by atoms with E-state index in [0.29, 0.717) is 23.6 Å². The van der Waals surface area contributed by atoms with Gasteiger partial charge in [-0.1, -0.05) is 66.2 Å². The first-order valence-corrected chi connectivity index (χ1v) is 13.9. The number of nitrogens with one attached hydrogen (secondary N) is 1. The molecule has 0 bridgehead atoms. The number of sulfonamides is 1. The van der Waals surface area contributed by atoms with Crippen molar-refractivity contribution in [2.45, 2.75) is 32.3 Å². The largest absolute Gasteiger partial charge is 0.488 e. The number of aryl methyl sites for hydroxylation is 3. The molecule has 4 aromatic rings. The number of carbonyl (C=O) groups is 1. The van der Waals surface area contributed by atoms with Gasteiger partial charge in [0.15, 0.2) is 0 Å². The molecule has 8 heteroatoms. The Labute approximate surface area is 229 Å². The second-order valence-electron chi connectivity index (χ2n) is 9.28. The van der Waals surface area contributed by atoms with Crippen molar-refractivity contribution in [3.05, 3.63) is 125 Å². The minimum atomic E-state index is -4.02. The number of amides is 1. The number of benzene rings is 4. The monoisotopic (exact) mass is 541 g/mol. The summed E-state index contributed by atoms with van der Waals surface area (Å²) in [6, 6.07) is 29.1. The first kappa shape index (κ1) is 27.6. The second kappa shape index (κ2) is 12.4. The number of hydrogen-bond donors (Lipinski definition) is 1. The normalized spacial score (nSPS) is 11.4. The zero-order chi connectivity index (χ0) is 27.8. The summed E-state index contributed by atoms with van der Waals surface area (Å²) >= 11 is 0. The number of para-hydroxylation sites is 1. The van der Waals surface area contributed by atoms with Crippen LogP contribution in [0.4, 0.5) is 5.69 Å². The summed E-state index contributed by atoms with van der Waals surface area (Å²) in [6.45, 7) is 5.60. The number of rotatable bonds is 10. The van der Waals surface area contributed by atoms with Crippen molar-refractivity contribution in [3.63, 3.8) is 0 Å². The third-order valence-electron chi connectivity index (χ3n) is 5.94. The zero-order valence-corrected chi connectivity index (χ0v) is 23.0. The number of hydrogen-bond acceptors (Lipinski definition) is 5. The van der Waals surface area contributed by atoms with Crippen LogP contribution < -0.4 is 14.5 Å². The Morgan fingerprint density at radius 3 is 2.18 bits per heavy atom.